The number of pyridine rings is 1. The van der Waals surface area contributed by atoms with E-state index in [1.54, 1.807) is 18.2 Å². The molecule has 10 nitrogen and oxygen atoms in total. The van der Waals surface area contributed by atoms with Crippen LogP contribution < -0.4 is 21.1 Å². The third-order valence-corrected chi connectivity index (χ3v) is 10.1. The number of anilines is 2. The molecule has 2 aliphatic heterocycles. The number of piperazine rings is 1. The average molecular weight is 708 g/mol. The molecule has 52 heavy (non-hydrogen) atoms. The monoisotopic (exact) mass is 707 g/mol. The fourth-order valence-corrected chi connectivity index (χ4v) is 6.94. The number of carbonyl (C=O) groups is 1. The van der Waals surface area contributed by atoms with Crippen molar-refractivity contribution in [2.45, 2.75) is 85.1 Å². The van der Waals surface area contributed by atoms with Gasteiger partial charge in [-0.25, -0.2) is 9.37 Å². The average Bonchev–Trinajstić information content (AvgIpc) is 3.10. The number of amides is 1. The van der Waals surface area contributed by atoms with Crippen LogP contribution in [0, 0.1) is 5.82 Å². The van der Waals surface area contributed by atoms with E-state index in [4.69, 9.17) is 4.74 Å². The Morgan fingerprint density at radius 1 is 1.08 bits per heavy atom. The summed E-state index contributed by atoms with van der Waals surface area (Å²) in [6.07, 6.45) is 6.30. The Balaban J connectivity index is 1.37. The first-order valence-electron chi connectivity index (χ1n) is 18.1. The number of nitrogens with zero attached hydrogens (tertiary/aromatic N) is 5. The van der Waals surface area contributed by atoms with Gasteiger partial charge in [-0.15, -0.1) is 0 Å². The number of rotatable bonds is 7. The van der Waals surface area contributed by atoms with E-state index in [-0.39, 0.29) is 29.0 Å². The van der Waals surface area contributed by atoms with Crippen molar-refractivity contribution < 1.29 is 13.9 Å². The molecule has 0 bridgehead atoms. The second-order valence-electron chi connectivity index (χ2n) is 15.3. The number of benzene rings is 2. The number of ether oxygens (including phenoxy) is 1. The molecule has 1 saturated heterocycles. The number of halogens is 1. The maximum atomic E-state index is 15.6. The molecule has 1 fully saturated rings. The lowest BCUT2D eigenvalue weighted by Gasteiger charge is -2.38. The van der Waals surface area contributed by atoms with Gasteiger partial charge in [0.25, 0.3) is 11.5 Å². The van der Waals surface area contributed by atoms with Gasteiger partial charge in [0.15, 0.2) is 0 Å². The fourth-order valence-electron chi connectivity index (χ4n) is 6.94. The van der Waals surface area contributed by atoms with Crippen molar-refractivity contribution in [3.8, 4) is 5.69 Å². The van der Waals surface area contributed by atoms with Crippen LogP contribution in [0.1, 0.15) is 78.0 Å². The highest BCUT2D eigenvalue weighted by Gasteiger charge is 2.31. The Bertz CT molecular complexity index is 2080. The molecule has 0 aliphatic carbocycles. The maximum absolute atomic E-state index is 15.6. The van der Waals surface area contributed by atoms with Gasteiger partial charge < -0.3 is 20.3 Å². The normalized spacial score (nSPS) is 20.0. The summed E-state index contributed by atoms with van der Waals surface area (Å²) in [5.74, 6) is -0.458. The molecule has 2 aromatic heterocycles. The molecule has 4 heterocycles. The molecule has 4 aromatic rings. The first kappa shape index (κ1) is 36.9. The van der Waals surface area contributed by atoms with E-state index in [2.05, 4.69) is 50.9 Å². The summed E-state index contributed by atoms with van der Waals surface area (Å²) in [5, 5.41) is 11.2. The second kappa shape index (κ2) is 14.6. The zero-order chi connectivity index (χ0) is 37.4. The molecule has 11 heteroatoms. The molecular weight excluding hydrogens is 657 g/mol. The van der Waals surface area contributed by atoms with Gasteiger partial charge in [0, 0.05) is 43.2 Å². The molecule has 1 atom stereocenters. The molecule has 2 aromatic carbocycles. The van der Waals surface area contributed by atoms with E-state index in [9.17, 15) is 9.59 Å². The zero-order valence-corrected chi connectivity index (χ0v) is 31.3. The van der Waals surface area contributed by atoms with Gasteiger partial charge in [-0.1, -0.05) is 52.8 Å². The van der Waals surface area contributed by atoms with Crippen molar-refractivity contribution in [3.05, 3.63) is 106 Å². The number of fused-ring (bicyclic) bond motifs is 2. The van der Waals surface area contributed by atoms with Crippen LogP contribution in [0.25, 0.3) is 22.0 Å². The number of allylic oxidation sites excluding steroid dienone is 2. The molecule has 274 valence electrons. The Kier molecular flexibility index (Phi) is 10.4. The minimum absolute atomic E-state index is 0.0317. The predicted molar refractivity (Wildman–Crippen MR) is 206 cm³/mol. The minimum Gasteiger partial charge on any atom is -0.368 e. The summed E-state index contributed by atoms with van der Waals surface area (Å²) >= 11 is 0. The van der Waals surface area contributed by atoms with Crippen LogP contribution in [0.5, 0.6) is 0 Å². The lowest BCUT2D eigenvalue weighted by atomic mass is 9.86. The number of hydrogen-bond acceptors (Lipinski definition) is 8. The third-order valence-electron chi connectivity index (χ3n) is 10.1. The molecule has 6 rings (SSSR count). The van der Waals surface area contributed by atoms with E-state index < -0.39 is 17.1 Å². The van der Waals surface area contributed by atoms with Gasteiger partial charge in [-0.3, -0.25) is 14.5 Å². The number of aromatic nitrogens is 3. The van der Waals surface area contributed by atoms with Crippen LogP contribution in [0.3, 0.4) is 0 Å². The van der Waals surface area contributed by atoms with E-state index >= 15 is 4.39 Å². The number of nitrogens with one attached hydrogen (secondary N) is 2. The largest absolute Gasteiger partial charge is 0.368 e. The van der Waals surface area contributed by atoms with E-state index in [0.717, 1.165) is 43.9 Å². The smallest absolute Gasteiger partial charge is 0.282 e. The van der Waals surface area contributed by atoms with Crippen molar-refractivity contribution in [2.75, 3.05) is 36.4 Å². The van der Waals surface area contributed by atoms with Crippen LogP contribution in [0.15, 0.2) is 78.0 Å². The van der Waals surface area contributed by atoms with Crippen molar-refractivity contribution in [3.63, 3.8) is 0 Å². The minimum atomic E-state index is -1.05. The molecule has 0 radical (unpaired) electrons. The van der Waals surface area contributed by atoms with Gasteiger partial charge in [0.05, 0.1) is 35.8 Å². The highest BCUT2D eigenvalue weighted by atomic mass is 19.1. The van der Waals surface area contributed by atoms with E-state index in [0.29, 0.717) is 46.1 Å². The van der Waals surface area contributed by atoms with Gasteiger partial charge in [0.2, 0.25) is 0 Å². The Labute approximate surface area is 305 Å². The van der Waals surface area contributed by atoms with Gasteiger partial charge in [-0.05, 0) is 85.7 Å². The molecule has 0 saturated carbocycles. The number of carbonyl (C=O) groups excluding carboxylic acids is 1. The first-order valence-corrected chi connectivity index (χ1v) is 18.1. The Morgan fingerprint density at radius 3 is 2.48 bits per heavy atom. The third kappa shape index (κ3) is 7.66. The van der Waals surface area contributed by atoms with Crippen LogP contribution in [-0.2, 0) is 21.6 Å². The lowest BCUT2D eigenvalue weighted by molar-refractivity contribution is -0.131. The quantitative estimate of drug-likeness (QED) is 0.214. The first-order chi connectivity index (χ1) is 24.7. The summed E-state index contributed by atoms with van der Waals surface area (Å²) in [6.45, 7) is 22.5. The Morgan fingerprint density at radius 2 is 1.83 bits per heavy atom. The number of hydrogen-bond donors (Lipinski definition) is 2. The summed E-state index contributed by atoms with van der Waals surface area (Å²) < 4.78 is 23.3. The highest BCUT2D eigenvalue weighted by Crippen LogP contribution is 2.31. The second-order valence-corrected chi connectivity index (χ2v) is 15.3. The molecule has 1 unspecified atom stereocenters. The summed E-state index contributed by atoms with van der Waals surface area (Å²) in [4.78, 5) is 37.3. The Hall–Kier alpha value is -4.87. The van der Waals surface area contributed by atoms with Crippen molar-refractivity contribution >= 4 is 33.8 Å². The van der Waals surface area contributed by atoms with Crippen LogP contribution >= 0.6 is 0 Å². The molecular formula is C41H50FN7O3. The predicted octanol–water partition coefficient (Wildman–Crippen LogP) is 6.92. The summed E-state index contributed by atoms with van der Waals surface area (Å²) in [7, 11) is 0. The zero-order valence-electron chi connectivity index (χ0n) is 31.3. The SMILES string of the molecule is C=C1/C=C(/Nc2ccc(N3CCN(C(C)C)CC3)cn2)C(=O)NC(C)(CCC)OCc2c1cccc2-n1ncc2cc(C(C)(C)C)cc(F)c2c1=O. The molecule has 2 N–H and O–H groups in total. The molecule has 2 aliphatic rings. The van der Waals surface area contributed by atoms with E-state index in [1.807, 2.05) is 65.1 Å². The van der Waals surface area contributed by atoms with Gasteiger partial charge in [0.1, 0.15) is 23.1 Å². The van der Waals surface area contributed by atoms with E-state index in [1.165, 1.54) is 16.9 Å². The van der Waals surface area contributed by atoms with Crippen molar-refractivity contribution in [1.29, 1.82) is 0 Å². The highest BCUT2D eigenvalue weighted by molar-refractivity contribution is 5.99. The lowest BCUT2D eigenvalue weighted by Crippen LogP contribution is -2.49. The van der Waals surface area contributed by atoms with Gasteiger partial charge >= 0.3 is 0 Å². The summed E-state index contributed by atoms with van der Waals surface area (Å²) in [6, 6.07) is 13.1. The molecule has 1 amide bonds. The molecule has 0 spiro atoms. The maximum Gasteiger partial charge on any atom is 0.282 e. The van der Waals surface area contributed by atoms with Crippen LogP contribution in [0.4, 0.5) is 15.9 Å². The summed E-state index contributed by atoms with van der Waals surface area (Å²) in [5.41, 5.74) is 2.33. The van der Waals surface area contributed by atoms with Crippen molar-refractivity contribution in [1.82, 2.24) is 25.0 Å². The van der Waals surface area contributed by atoms with Crippen LogP contribution in [-0.4, -0.2) is 63.5 Å². The standard InChI is InChI=1S/C41H50FN7O3/c1-9-15-41(8)46-38(50)34(45-36-14-13-30(24-43-36)48-18-16-47(17-19-48)26(2)3)20-27(4)31-11-10-12-35(32(31)25-52-41)49-39(51)37-28(23-44-49)21-29(22-33(37)42)40(5,6)7/h10-14,20-24,26H,4,9,15-19,25H2,1-3,5-8H3,(H,43,45)(H,46,50)/b34-20+. The van der Waals surface area contributed by atoms with Crippen molar-refractivity contribution in [2.24, 2.45) is 0 Å². The topological polar surface area (TPSA) is 105 Å². The van der Waals surface area contributed by atoms with Gasteiger partial charge in [-0.2, -0.15) is 9.78 Å². The van der Waals surface area contributed by atoms with Crippen LogP contribution in [0.2, 0.25) is 0 Å². The fraction of sp³-hybridized carbons (Fsp3) is 0.415.